The fraction of sp³-hybridized carbons (Fsp3) is 0.190. The van der Waals surface area contributed by atoms with Gasteiger partial charge in [0.15, 0.2) is 0 Å². The Kier molecular flexibility index (Phi) is 6.47. The SMILES string of the molecule is COc1ccc2cc(-c3ccc(N)cc3)cc(CCNC(C)=O)c2c1.Cl. The number of ether oxygens (including phenoxy) is 1. The first-order valence-electron chi connectivity index (χ1n) is 8.28. The lowest BCUT2D eigenvalue weighted by Crippen LogP contribution is -2.22. The van der Waals surface area contributed by atoms with E-state index in [-0.39, 0.29) is 18.3 Å². The largest absolute Gasteiger partial charge is 0.497 e. The maximum atomic E-state index is 11.2. The van der Waals surface area contributed by atoms with E-state index in [1.54, 1.807) is 7.11 Å². The van der Waals surface area contributed by atoms with Gasteiger partial charge in [0, 0.05) is 19.2 Å². The Morgan fingerprint density at radius 1 is 1.04 bits per heavy atom. The number of nitrogens with one attached hydrogen (secondary N) is 1. The summed E-state index contributed by atoms with van der Waals surface area (Å²) in [6.45, 7) is 2.14. The summed E-state index contributed by atoms with van der Waals surface area (Å²) in [6, 6.07) is 18.3. The first kappa shape index (κ1) is 19.6. The van der Waals surface area contributed by atoms with Crippen molar-refractivity contribution in [1.29, 1.82) is 0 Å². The van der Waals surface area contributed by atoms with Crippen LogP contribution >= 0.6 is 12.4 Å². The summed E-state index contributed by atoms with van der Waals surface area (Å²) in [6.07, 6.45) is 0.756. The molecule has 0 bridgehead atoms. The number of anilines is 1. The van der Waals surface area contributed by atoms with E-state index in [1.807, 2.05) is 36.4 Å². The van der Waals surface area contributed by atoms with Crippen LogP contribution in [0.15, 0.2) is 54.6 Å². The maximum Gasteiger partial charge on any atom is 0.216 e. The van der Waals surface area contributed by atoms with Crippen molar-refractivity contribution in [3.05, 3.63) is 60.2 Å². The van der Waals surface area contributed by atoms with E-state index in [9.17, 15) is 4.79 Å². The number of nitrogen functional groups attached to an aromatic ring is 1. The molecule has 3 aromatic rings. The van der Waals surface area contributed by atoms with Gasteiger partial charge in [0.1, 0.15) is 5.75 Å². The monoisotopic (exact) mass is 370 g/mol. The van der Waals surface area contributed by atoms with Crippen LogP contribution in [0.5, 0.6) is 5.75 Å². The quantitative estimate of drug-likeness (QED) is 0.661. The third-order valence-electron chi connectivity index (χ3n) is 4.26. The minimum atomic E-state index is -0.0171. The van der Waals surface area contributed by atoms with Crippen molar-refractivity contribution >= 4 is 34.8 Å². The van der Waals surface area contributed by atoms with Gasteiger partial charge in [-0.05, 0) is 64.2 Å². The second-order valence-electron chi connectivity index (χ2n) is 6.08. The number of carbonyl (C=O) groups is 1. The second-order valence-corrected chi connectivity index (χ2v) is 6.08. The molecule has 0 saturated carbocycles. The van der Waals surface area contributed by atoms with Crippen molar-refractivity contribution in [1.82, 2.24) is 5.32 Å². The molecular formula is C21H23ClN2O2. The Hall–Kier alpha value is -2.72. The molecule has 0 heterocycles. The third-order valence-corrected chi connectivity index (χ3v) is 4.26. The average molecular weight is 371 g/mol. The molecule has 3 rings (SSSR count). The highest BCUT2D eigenvalue weighted by Crippen LogP contribution is 2.31. The topological polar surface area (TPSA) is 64.3 Å². The van der Waals surface area contributed by atoms with Crippen LogP contribution in [0.1, 0.15) is 12.5 Å². The van der Waals surface area contributed by atoms with E-state index in [0.29, 0.717) is 6.54 Å². The van der Waals surface area contributed by atoms with Crippen molar-refractivity contribution in [2.45, 2.75) is 13.3 Å². The average Bonchev–Trinajstić information content (AvgIpc) is 2.61. The molecule has 136 valence electrons. The number of nitrogens with two attached hydrogens (primary N) is 1. The van der Waals surface area contributed by atoms with Gasteiger partial charge >= 0.3 is 0 Å². The van der Waals surface area contributed by atoms with Gasteiger partial charge in [0.2, 0.25) is 5.91 Å². The molecule has 3 aromatic carbocycles. The standard InChI is InChI=1S/C21H22N2O2.ClH/c1-14(24)23-10-9-17-12-18(15-3-6-19(22)7-4-15)11-16-5-8-20(25-2)13-21(16)17;/h3-8,11-13H,9-10,22H2,1-2H3,(H,23,24);1H. The molecule has 0 aliphatic heterocycles. The molecule has 0 aromatic heterocycles. The predicted molar refractivity (Wildman–Crippen MR) is 110 cm³/mol. The molecular weight excluding hydrogens is 348 g/mol. The van der Waals surface area contributed by atoms with Gasteiger partial charge in [-0.2, -0.15) is 0 Å². The van der Waals surface area contributed by atoms with Crippen molar-refractivity contribution in [2.75, 3.05) is 19.4 Å². The lowest BCUT2D eigenvalue weighted by atomic mass is 9.95. The number of benzene rings is 3. The number of carbonyl (C=O) groups excluding carboxylic acids is 1. The fourth-order valence-corrected chi connectivity index (χ4v) is 2.96. The van der Waals surface area contributed by atoms with Crippen LogP contribution in [-0.2, 0) is 11.2 Å². The molecule has 0 aliphatic rings. The number of halogens is 1. The van der Waals surface area contributed by atoms with Crippen LogP contribution in [0.4, 0.5) is 5.69 Å². The summed E-state index contributed by atoms with van der Waals surface area (Å²) in [4.78, 5) is 11.2. The van der Waals surface area contributed by atoms with Gasteiger partial charge in [-0.3, -0.25) is 4.79 Å². The normalized spacial score (nSPS) is 10.2. The Balaban J connectivity index is 0.00000243. The zero-order chi connectivity index (χ0) is 17.8. The van der Waals surface area contributed by atoms with Crippen LogP contribution in [0.25, 0.3) is 21.9 Å². The van der Waals surface area contributed by atoms with Crippen molar-refractivity contribution in [2.24, 2.45) is 0 Å². The Morgan fingerprint density at radius 2 is 1.77 bits per heavy atom. The molecule has 0 unspecified atom stereocenters. The third kappa shape index (κ3) is 4.46. The van der Waals surface area contributed by atoms with Crippen molar-refractivity contribution in [3.63, 3.8) is 0 Å². The van der Waals surface area contributed by atoms with Gasteiger partial charge in [-0.25, -0.2) is 0 Å². The number of methoxy groups -OCH3 is 1. The first-order chi connectivity index (χ1) is 12.1. The van der Waals surface area contributed by atoms with Crippen molar-refractivity contribution < 1.29 is 9.53 Å². The molecule has 0 aliphatic carbocycles. The van der Waals surface area contributed by atoms with Gasteiger partial charge in [-0.1, -0.05) is 24.3 Å². The number of amides is 1. The minimum Gasteiger partial charge on any atom is -0.497 e. The van der Waals surface area contributed by atoms with Gasteiger partial charge in [-0.15, -0.1) is 12.4 Å². The summed E-state index contributed by atoms with van der Waals surface area (Å²) in [5.74, 6) is 0.810. The Labute approximate surface area is 159 Å². The van der Waals surface area contributed by atoms with E-state index in [0.717, 1.165) is 39.8 Å². The van der Waals surface area contributed by atoms with Crippen LogP contribution in [0.3, 0.4) is 0 Å². The smallest absolute Gasteiger partial charge is 0.216 e. The van der Waals surface area contributed by atoms with E-state index in [4.69, 9.17) is 10.5 Å². The summed E-state index contributed by atoms with van der Waals surface area (Å²) >= 11 is 0. The highest BCUT2D eigenvalue weighted by molar-refractivity contribution is 5.91. The molecule has 0 saturated heterocycles. The molecule has 1 amide bonds. The fourth-order valence-electron chi connectivity index (χ4n) is 2.96. The summed E-state index contributed by atoms with van der Waals surface area (Å²) in [5, 5.41) is 5.16. The number of hydrogen-bond acceptors (Lipinski definition) is 3. The molecule has 26 heavy (non-hydrogen) atoms. The van der Waals surface area contributed by atoms with Crippen LogP contribution in [0.2, 0.25) is 0 Å². The van der Waals surface area contributed by atoms with E-state index >= 15 is 0 Å². The molecule has 0 fully saturated rings. The number of fused-ring (bicyclic) bond motifs is 1. The molecule has 5 heteroatoms. The zero-order valence-corrected chi connectivity index (χ0v) is 15.7. The second kappa shape index (κ2) is 8.59. The predicted octanol–water partition coefficient (Wildman–Crippen LogP) is 4.20. The Morgan fingerprint density at radius 3 is 2.42 bits per heavy atom. The van der Waals surface area contributed by atoms with Crippen molar-refractivity contribution in [3.8, 4) is 16.9 Å². The zero-order valence-electron chi connectivity index (χ0n) is 14.9. The van der Waals surface area contributed by atoms with E-state index < -0.39 is 0 Å². The lowest BCUT2D eigenvalue weighted by Gasteiger charge is -2.13. The minimum absolute atomic E-state index is 0. The summed E-state index contributed by atoms with van der Waals surface area (Å²) < 4.78 is 5.36. The molecule has 0 atom stereocenters. The van der Waals surface area contributed by atoms with Gasteiger partial charge in [0.05, 0.1) is 7.11 Å². The molecule has 3 N–H and O–H groups in total. The van der Waals surface area contributed by atoms with Crippen LogP contribution in [-0.4, -0.2) is 19.6 Å². The Bertz CT molecular complexity index is 908. The highest BCUT2D eigenvalue weighted by Gasteiger charge is 2.08. The first-order valence-corrected chi connectivity index (χ1v) is 8.28. The lowest BCUT2D eigenvalue weighted by molar-refractivity contribution is -0.118. The number of hydrogen-bond donors (Lipinski definition) is 2. The summed E-state index contributed by atoms with van der Waals surface area (Å²) in [7, 11) is 1.67. The molecule has 0 spiro atoms. The van der Waals surface area contributed by atoms with Crippen LogP contribution < -0.4 is 15.8 Å². The number of rotatable bonds is 5. The maximum absolute atomic E-state index is 11.2. The molecule has 4 nitrogen and oxygen atoms in total. The van der Waals surface area contributed by atoms with Gasteiger partial charge < -0.3 is 15.8 Å². The van der Waals surface area contributed by atoms with E-state index in [2.05, 4.69) is 23.5 Å². The summed E-state index contributed by atoms with van der Waals surface area (Å²) in [5.41, 5.74) is 9.98. The highest BCUT2D eigenvalue weighted by atomic mass is 35.5. The van der Waals surface area contributed by atoms with E-state index in [1.165, 1.54) is 12.5 Å². The molecule has 0 radical (unpaired) electrons. The van der Waals surface area contributed by atoms with Crippen LogP contribution in [0, 0.1) is 0 Å². The van der Waals surface area contributed by atoms with Gasteiger partial charge in [0.25, 0.3) is 0 Å².